The number of anilines is 1. The van der Waals surface area contributed by atoms with E-state index in [2.05, 4.69) is 10.2 Å². The predicted octanol–water partition coefficient (Wildman–Crippen LogP) is 1.73. The summed E-state index contributed by atoms with van der Waals surface area (Å²) in [4.78, 5) is 4.26. The van der Waals surface area contributed by atoms with E-state index in [9.17, 15) is 12.8 Å². The molecule has 9 heteroatoms. The predicted molar refractivity (Wildman–Crippen MR) is 108 cm³/mol. The minimum atomic E-state index is -3.03. The lowest BCUT2D eigenvalue weighted by Gasteiger charge is -2.33. The van der Waals surface area contributed by atoms with Crippen LogP contribution in [0.3, 0.4) is 0 Å². The SMILES string of the molecule is O=S1(=O)CC[C@H](N(CCCN2CCOCC2)C(=S)Nc2ccccc2F)C1. The second-order valence-corrected chi connectivity index (χ2v) is 9.58. The number of hydrogen-bond donors (Lipinski definition) is 1. The van der Waals surface area contributed by atoms with Crippen molar-refractivity contribution >= 4 is 32.9 Å². The summed E-state index contributed by atoms with van der Waals surface area (Å²) in [6.45, 7) is 4.86. The summed E-state index contributed by atoms with van der Waals surface area (Å²) in [7, 11) is -3.03. The van der Waals surface area contributed by atoms with Crippen molar-refractivity contribution in [2.75, 3.05) is 56.2 Å². The van der Waals surface area contributed by atoms with Crippen LogP contribution in [0.5, 0.6) is 0 Å². The van der Waals surface area contributed by atoms with Crippen molar-refractivity contribution in [3.63, 3.8) is 0 Å². The Kier molecular flexibility index (Phi) is 7.02. The monoisotopic (exact) mass is 415 g/mol. The average Bonchev–Trinajstić information content (AvgIpc) is 3.01. The molecular weight excluding hydrogens is 389 g/mol. The third kappa shape index (κ3) is 5.84. The van der Waals surface area contributed by atoms with Crippen LogP contribution in [0, 0.1) is 5.82 Å². The highest BCUT2D eigenvalue weighted by Crippen LogP contribution is 2.21. The number of para-hydroxylation sites is 1. The molecule has 0 amide bonds. The molecule has 1 atom stereocenters. The van der Waals surface area contributed by atoms with E-state index in [-0.39, 0.29) is 23.4 Å². The van der Waals surface area contributed by atoms with Gasteiger partial charge in [0.1, 0.15) is 5.82 Å². The van der Waals surface area contributed by atoms with Gasteiger partial charge < -0.3 is 15.0 Å². The maximum Gasteiger partial charge on any atom is 0.173 e. The smallest absolute Gasteiger partial charge is 0.173 e. The van der Waals surface area contributed by atoms with Gasteiger partial charge in [-0.25, -0.2) is 12.8 Å². The number of nitrogens with zero attached hydrogens (tertiary/aromatic N) is 2. The summed E-state index contributed by atoms with van der Waals surface area (Å²) in [6.07, 6.45) is 1.41. The van der Waals surface area contributed by atoms with Crippen LogP contribution in [0.25, 0.3) is 0 Å². The third-order valence-electron chi connectivity index (χ3n) is 5.00. The number of nitrogens with one attached hydrogen (secondary N) is 1. The minimum absolute atomic E-state index is 0.101. The van der Waals surface area contributed by atoms with E-state index < -0.39 is 9.84 Å². The molecule has 1 aromatic carbocycles. The number of thiocarbonyl (C=S) groups is 1. The molecular formula is C18H26FN3O3S2. The van der Waals surface area contributed by atoms with Gasteiger partial charge >= 0.3 is 0 Å². The van der Waals surface area contributed by atoms with Crippen LogP contribution in [0.4, 0.5) is 10.1 Å². The Labute approximate surface area is 165 Å². The quantitative estimate of drug-likeness (QED) is 0.710. The highest BCUT2D eigenvalue weighted by Gasteiger charge is 2.33. The molecule has 1 aromatic rings. The maximum absolute atomic E-state index is 14.0. The van der Waals surface area contributed by atoms with Crippen LogP contribution in [-0.2, 0) is 14.6 Å². The van der Waals surface area contributed by atoms with Crippen molar-refractivity contribution in [2.45, 2.75) is 18.9 Å². The first kappa shape index (κ1) is 20.4. The second kappa shape index (κ2) is 9.27. The van der Waals surface area contributed by atoms with E-state index in [0.29, 0.717) is 23.8 Å². The minimum Gasteiger partial charge on any atom is -0.379 e. The van der Waals surface area contributed by atoms with E-state index in [1.54, 1.807) is 18.2 Å². The molecule has 0 aliphatic carbocycles. The third-order valence-corrected chi connectivity index (χ3v) is 7.09. The number of morpholine rings is 1. The number of sulfone groups is 1. The van der Waals surface area contributed by atoms with Gasteiger partial charge in [-0.1, -0.05) is 12.1 Å². The van der Waals surface area contributed by atoms with E-state index >= 15 is 0 Å². The summed E-state index contributed by atoms with van der Waals surface area (Å²) in [5.41, 5.74) is 0.307. The van der Waals surface area contributed by atoms with Crippen molar-refractivity contribution in [2.24, 2.45) is 0 Å². The first-order valence-corrected chi connectivity index (χ1v) is 11.5. The lowest BCUT2D eigenvalue weighted by Crippen LogP contribution is -2.45. The fourth-order valence-electron chi connectivity index (χ4n) is 3.51. The number of ether oxygens (including phenoxy) is 1. The molecule has 2 aliphatic rings. The molecule has 150 valence electrons. The van der Waals surface area contributed by atoms with Gasteiger partial charge in [0.2, 0.25) is 0 Å². The zero-order chi connectivity index (χ0) is 19.3. The largest absolute Gasteiger partial charge is 0.379 e. The zero-order valence-electron chi connectivity index (χ0n) is 15.3. The van der Waals surface area contributed by atoms with Gasteiger partial charge in [0.25, 0.3) is 0 Å². The topological polar surface area (TPSA) is 61.9 Å². The van der Waals surface area contributed by atoms with Crippen molar-refractivity contribution in [1.82, 2.24) is 9.80 Å². The molecule has 2 saturated heterocycles. The lowest BCUT2D eigenvalue weighted by molar-refractivity contribution is 0.0366. The van der Waals surface area contributed by atoms with Crippen LogP contribution in [0.15, 0.2) is 24.3 Å². The molecule has 1 N–H and O–H groups in total. The van der Waals surface area contributed by atoms with E-state index in [4.69, 9.17) is 17.0 Å². The normalized spacial score (nSPS) is 22.5. The van der Waals surface area contributed by atoms with Gasteiger partial charge in [-0.2, -0.15) is 0 Å². The Morgan fingerprint density at radius 1 is 1.33 bits per heavy atom. The summed E-state index contributed by atoms with van der Waals surface area (Å²) in [6, 6.07) is 6.18. The Hall–Kier alpha value is -1.29. The molecule has 0 aromatic heterocycles. The number of rotatable bonds is 6. The Morgan fingerprint density at radius 3 is 2.74 bits per heavy atom. The zero-order valence-corrected chi connectivity index (χ0v) is 16.9. The van der Waals surface area contributed by atoms with Crippen LogP contribution in [0.2, 0.25) is 0 Å². The highest BCUT2D eigenvalue weighted by molar-refractivity contribution is 7.91. The summed E-state index contributed by atoms with van der Waals surface area (Å²) < 4.78 is 43.2. The second-order valence-electron chi connectivity index (χ2n) is 6.97. The van der Waals surface area contributed by atoms with Crippen molar-refractivity contribution in [3.8, 4) is 0 Å². The molecule has 2 fully saturated rings. The maximum atomic E-state index is 14.0. The van der Waals surface area contributed by atoms with Gasteiger partial charge in [0.05, 0.1) is 30.4 Å². The van der Waals surface area contributed by atoms with E-state index in [0.717, 1.165) is 39.3 Å². The summed E-state index contributed by atoms with van der Waals surface area (Å²) in [5.74, 6) is -0.101. The first-order chi connectivity index (χ1) is 12.9. The van der Waals surface area contributed by atoms with Crippen molar-refractivity contribution in [1.29, 1.82) is 0 Å². The fraction of sp³-hybridized carbons (Fsp3) is 0.611. The highest BCUT2D eigenvalue weighted by atomic mass is 32.2. The Bertz CT molecular complexity index is 754. The average molecular weight is 416 g/mol. The van der Waals surface area contributed by atoms with Gasteiger partial charge in [0.15, 0.2) is 14.9 Å². The molecule has 0 unspecified atom stereocenters. The number of benzene rings is 1. The van der Waals surface area contributed by atoms with E-state index in [1.807, 2.05) is 4.90 Å². The molecule has 6 nitrogen and oxygen atoms in total. The van der Waals surface area contributed by atoms with Crippen molar-refractivity contribution in [3.05, 3.63) is 30.1 Å². The van der Waals surface area contributed by atoms with Crippen LogP contribution < -0.4 is 5.32 Å². The summed E-state index contributed by atoms with van der Waals surface area (Å²) in [5, 5.41) is 3.34. The van der Waals surface area contributed by atoms with Crippen LogP contribution in [-0.4, -0.2) is 80.3 Å². The van der Waals surface area contributed by atoms with Crippen LogP contribution >= 0.6 is 12.2 Å². The van der Waals surface area contributed by atoms with Gasteiger partial charge in [-0.3, -0.25) is 4.90 Å². The molecule has 3 rings (SSSR count). The number of halogens is 1. The summed E-state index contributed by atoms with van der Waals surface area (Å²) >= 11 is 5.52. The fourth-order valence-corrected chi connectivity index (χ4v) is 5.59. The molecule has 2 heterocycles. The van der Waals surface area contributed by atoms with Gasteiger partial charge in [0, 0.05) is 32.2 Å². The molecule has 0 saturated carbocycles. The van der Waals surface area contributed by atoms with Gasteiger partial charge in [-0.15, -0.1) is 0 Å². The van der Waals surface area contributed by atoms with E-state index in [1.165, 1.54) is 6.07 Å². The molecule has 27 heavy (non-hydrogen) atoms. The first-order valence-electron chi connectivity index (χ1n) is 9.27. The molecule has 0 radical (unpaired) electrons. The Balaban J connectivity index is 1.63. The molecule has 0 bridgehead atoms. The molecule has 0 spiro atoms. The molecule has 2 aliphatic heterocycles. The standard InChI is InChI=1S/C18H26FN3O3S2/c19-16-4-1-2-5-17(16)20-18(26)22(15-6-13-27(23,24)14-15)8-3-7-21-9-11-25-12-10-21/h1-2,4-5,15H,3,6-14H2,(H,20,26)/t15-/m0/s1. The lowest BCUT2D eigenvalue weighted by atomic mass is 10.2. The van der Waals surface area contributed by atoms with Crippen molar-refractivity contribution < 1.29 is 17.5 Å². The van der Waals surface area contributed by atoms with Crippen LogP contribution in [0.1, 0.15) is 12.8 Å². The number of hydrogen-bond acceptors (Lipinski definition) is 5. The Morgan fingerprint density at radius 2 is 2.07 bits per heavy atom. The van der Waals surface area contributed by atoms with Gasteiger partial charge in [-0.05, 0) is 37.2 Å².